The summed E-state index contributed by atoms with van der Waals surface area (Å²) in [7, 11) is 0. The second kappa shape index (κ2) is 7.22. The van der Waals surface area contributed by atoms with Crippen molar-refractivity contribution < 1.29 is 18.0 Å². The molecule has 0 radical (unpaired) electrons. The van der Waals surface area contributed by atoms with Crippen molar-refractivity contribution in [2.75, 3.05) is 5.32 Å². The van der Waals surface area contributed by atoms with Gasteiger partial charge in [0.05, 0.1) is 29.6 Å². The number of hydrogen-bond acceptors (Lipinski definition) is 3. The summed E-state index contributed by atoms with van der Waals surface area (Å²) in [4.78, 5) is 16.4. The van der Waals surface area contributed by atoms with E-state index in [0.29, 0.717) is 11.5 Å². The van der Waals surface area contributed by atoms with Crippen LogP contribution in [-0.4, -0.2) is 20.7 Å². The van der Waals surface area contributed by atoms with E-state index in [0.717, 1.165) is 23.5 Å². The minimum absolute atomic E-state index is 0.164. The van der Waals surface area contributed by atoms with Crippen LogP contribution in [0.5, 0.6) is 0 Å². The number of benzene rings is 1. The standard InChI is InChI=1S/C19H17F3N4O/c1-12-8-13(2)26(25-12)17-7-6-16(11-23-17)24-18(27)10-14-4-3-5-15(9-14)19(20,21)22/h3-9,11H,10H2,1-2H3,(H,24,27). The van der Waals surface area contributed by atoms with Gasteiger partial charge in [-0.2, -0.15) is 18.3 Å². The quantitative estimate of drug-likeness (QED) is 0.748. The highest BCUT2D eigenvalue weighted by atomic mass is 19.4. The molecule has 1 amide bonds. The Labute approximate surface area is 153 Å². The summed E-state index contributed by atoms with van der Waals surface area (Å²) in [6.07, 6.45) is -3.12. The number of alkyl halides is 3. The highest BCUT2D eigenvalue weighted by molar-refractivity contribution is 5.92. The predicted octanol–water partition coefficient (Wildman–Crippen LogP) is 4.08. The zero-order valence-corrected chi connectivity index (χ0v) is 14.7. The lowest BCUT2D eigenvalue weighted by atomic mass is 10.1. The summed E-state index contributed by atoms with van der Waals surface area (Å²) >= 11 is 0. The first kappa shape index (κ1) is 18.6. The van der Waals surface area contributed by atoms with Gasteiger partial charge >= 0.3 is 6.18 Å². The molecule has 0 aliphatic rings. The highest BCUT2D eigenvalue weighted by Crippen LogP contribution is 2.29. The highest BCUT2D eigenvalue weighted by Gasteiger charge is 2.30. The van der Waals surface area contributed by atoms with E-state index in [4.69, 9.17) is 0 Å². The molecule has 0 saturated heterocycles. The van der Waals surface area contributed by atoms with E-state index in [9.17, 15) is 18.0 Å². The van der Waals surface area contributed by atoms with Crippen LogP contribution in [0.25, 0.3) is 5.82 Å². The van der Waals surface area contributed by atoms with Crippen molar-refractivity contribution in [2.45, 2.75) is 26.4 Å². The third-order valence-electron chi connectivity index (χ3n) is 3.88. The molecule has 0 unspecified atom stereocenters. The Bertz CT molecular complexity index is 962. The molecule has 140 valence electrons. The molecule has 0 bridgehead atoms. The molecule has 0 aliphatic heterocycles. The molecule has 5 nitrogen and oxygen atoms in total. The van der Waals surface area contributed by atoms with Gasteiger partial charge in [0, 0.05) is 5.69 Å². The number of amides is 1. The minimum Gasteiger partial charge on any atom is -0.324 e. The largest absolute Gasteiger partial charge is 0.416 e. The van der Waals surface area contributed by atoms with Crippen molar-refractivity contribution in [1.29, 1.82) is 0 Å². The Kier molecular flexibility index (Phi) is 4.98. The molecule has 1 N–H and O–H groups in total. The average molecular weight is 374 g/mol. The summed E-state index contributed by atoms with van der Waals surface area (Å²) in [5.74, 6) is 0.187. The van der Waals surface area contributed by atoms with Gasteiger partial charge in [0.2, 0.25) is 5.91 Å². The average Bonchev–Trinajstić information content (AvgIpc) is 2.93. The molecule has 0 aliphatic carbocycles. The number of aryl methyl sites for hydroxylation is 2. The Hall–Kier alpha value is -3.16. The Morgan fingerprint density at radius 3 is 2.52 bits per heavy atom. The van der Waals surface area contributed by atoms with Gasteiger partial charge in [-0.25, -0.2) is 9.67 Å². The van der Waals surface area contributed by atoms with Crippen molar-refractivity contribution in [3.63, 3.8) is 0 Å². The summed E-state index contributed by atoms with van der Waals surface area (Å²) in [5, 5.41) is 6.96. The van der Waals surface area contributed by atoms with Crippen molar-refractivity contribution in [2.24, 2.45) is 0 Å². The molecule has 0 spiro atoms. The predicted molar refractivity (Wildman–Crippen MR) is 94.6 cm³/mol. The van der Waals surface area contributed by atoms with Gasteiger partial charge in [0.1, 0.15) is 0 Å². The van der Waals surface area contributed by atoms with Gasteiger partial charge in [-0.3, -0.25) is 4.79 Å². The zero-order valence-electron chi connectivity index (χ0n) is 14.7. The summed E-state index contributed by atoms with van der Waals surface area (Å²) in [5.41, 5.74) is 1.77. The molecule has 0 atom stereocenters. The molecule has 8 heteroatoms. The molecule has 2 aromatic heterocycles. The lowest BCUT2D eigenvalue weighted by Crippen LogP contribution is -2.15. The van der Waals surface area contributed by atoms with Gasteiger partial charge < -0.3 is 5.32 Å². The van der Waals surface area contributed by atoms with Gasteiger partial charge in [-0.15, -0.1) is 0 Å². The van der Waals surface area contributed by atoms with Crippen molar-refractivity contribution in [1.82, 2.24) is 14.8 Å². The van der Waals surface area contributed by atoms with E-state index in [1.54, 1.807) is 16.8 Å². The maximum atomic E-state index is 12.7. The van der Waals surface area contributed by atoms with Gasteiger partial charge in [0.25, 0.3) is 0 Å². The number of aromatic nitrogens is 3. The number of nitrogens with zero attached hydrogens (tertiary/aromatic N) is 3. The number of rotatable bonds is 4. The third-order valence-corrected chi connectivity index (χ3v) is 3.88. The maximum Gasteiger partial charge on any atom is 0.416 e. The topological polar surface area (TPSA) is 59.8 Å². The van der Waals surface area contributed by atoms with E-state index in [1.165, 1.54) is 18.3 Å². The fourth-order valence-corrected chi connectivity index (χ4v) is 2.69. The second-order valence-corrected chi connectivity index (χ2v) is 6.17. The summed E-state index contributed by atoms with van der Waals surface area (Å²) < 4.78 is 39.9. The number of hydrogen-bond donors (Lipinski definition) is 1. The zero-order chi connectivity index (χ0) is 19.6. The number of carbonyl (C=O) groups excluding carboxylic acids is 1. The molecular weight excluding hydrogens is 357 g/mol. The van der Waals surface area contributed by atoms with E-state index >= 15 is 0 Å². The van der Waals surface area contributed by atoms with E-state index in [-0.39, 0.29) is 12.0 Å². The van der Waals surface area contributed by atoms with Crippen LogP contribution >= 0.6 is 0 Å². The monoisotopic (exact) mass is 374 g/mol. The van der Waals surface area contributed by atoms with Crippen LogP contribution < -0.4 is 5.32 Å². The first-order valence-corrected chi connectivity index (χ1v) is 8.18. The molecule has 0 fully saturated rings. The molecule has 1 aromatic carbocycles. The van der Waals surface area contributed by atoms with Crippen molar-refractivity contribution in [3.05, 3.63) is 71.2 Å². The molecule has 3 aromatic rings. The van der Waals surface area contributed by atoms with Gasteiger partial charge in [-0.05, 0) is 43.7 Å². The molecule has 27 heavy (non-hydrogen) atoms. The summed E-state index contributed by atoms with van der Waals surface area (Å²) in [6.45, 7) is 3.79. The fourth-order valence-electron chi connectivity index (χ4n) is 2.69. The fraction of sp³-hybridized carbons (Fsp3) is 0.211. The first-order valence-electron chi connectivity index (χ1n) is 8.18. The Morgan fingerprint density at radius 2 is 1.93 bits per heavy atom. The normalized spacial score (nSPS) is 11.4. The minimum atomic E-state index is -4.44. The smallest absolute Gasteiger partial charge is 0.324 e. The number of anilines is 1. The number of pyridine rings is 1. The molecular formula is C19H17F3N4O. The van der Waals surface area contributed by atoms with Gasteiger partial charge in [-0.1, -0.05) is 18.2 Å². The second-order valence-electron chi connectivity index (χ2n) is 6.17. The van der Waals surface area contributed by atoms with Crippen LogP contribution in [0.3, 0.4) is 0 Å². The SMILES string of the molecule is Cc1cc(C)n(-c2ccc(NC(=O)Cc3cccc(C(F)(F)F)c3)cn2)n1. The number of halogens is 3. The van der Waals surface area contributed by atoms with Crippen molar-refractivity contribution in [3.8, 4) is 5.82 Å². The summed E-state index contributed by atoms with van der Waals surface area (Å²) in [6, 6.07) is 10.0. The Balaban J connectivity index is 1.67. The van der Waals surface area contributed by atoms with Crippen LogP contribution in [0.1, 0.15) is 22.5 Å². The lowest BCUT2D eigenvalue weighted by molar-refractivity contribution is -0.137. The number of carbonyl (C=O) groups is 1. The molecule has 3 rings (SSSR count). The van der Waals surface area contributed by atoms with Crippen LogP contribution in [0.2, 0.25) is 0 Å². The lowest BCUT2D eigenvalue weighted by Gasteiger charge is -2.09. The van der Waals surface area contributed by atoms with Crippen molar-refractivity contribution >= 4 is 11.6 Å². The van der Waals surface area contributed by atoms with E-state index in [2.05, 4.69) is 15.4 Å². The Morgan fingerprint density at radius 1 is 1.15 bits per heavy atom. The third kappa shape index (κ3) is 4.52. The number of nitrogens with one attached hydrogen (secondary N) is 1. The van der Waals surface area contributed by atoms with Crippen LogP contribution in [0.4, 0.5) is 18.9 Å². The molecule has 0 saturated carbocycles. The van der Waals surface area contributed by atoms with Crippen LogP contribution in [-0.2, 0) is 17.4 Å². The maximum absolute atomic E-state index is 12.7. The van der Waals surface area contributed by atoms with Crippen LogP contribution in [0, 0.1) is 13.8 Å². The molecule has 2 heterocycles. The van der Waals surface area contributed by atoms with E-state index in [1.807, 2.05) is 19.9 Å². The van der Waals surface area contributed by atoms with E-state index < -0.39 is 17.6 Å². The first-order chi connectivity index (χ1) is 12.7. The van der Waals surface area contributed by atoms with Crippen LogP contribution in [0.15, 0.2) is 48.7 Å². The van der Waals surface area contributed by atoms with Gasteiger partial charge in [0.15, 0.2) is 5.82 Å².